The molecule has 2 nitrogen and oxygen atoms in total. The summed E-state index contributed by atoms with van der Waals surface area (Å²) in [6, 6.07) is 1.93. The van der Waals surface area contributed by atoms with Gasteiger partial charge in [-0.25, -0.2) is 0 Å². The number of nitrogens with one attached hydrogen (secondary N) is 1. The minimum absolute atomic E-state index is 0.0439. The summed E-state index contributed by atoms with van der Waals surface area (Å²) in [7, 11) is 0. The molecule has 0 spiro atoms. The summed E-state index contributed by atoms with van der Waals surface area (Å²) < 4.78 is 1.04. The van der Waals surface area contributed by atoms with Crippen molar-refractivity contribution in [1.82, 2.24) is 5.32 Å². The smallest absolute Gasteiger partial charge is 0.261 e. The van der Waals surface area contributed by atoms with Gasteiger partial charge in [-0.05, 0) is 60.2 Å². The van der Waals surface area contributed by atoms with Gasteiger partial charge in [-0.1, -0.05) is 11.6 Å². The van der Waals surface area contributed by atoms with E-state index in [0.29, 0.717) is 0 Å². The molecule has 1 amide bonds. The van der Waals surface area contributed by atoms with Crippen LogP contribution in [0.3, 0.4) is 0 Å². The largest absolute Gasteiger partial charge is 0.351 e. The highest BCUT2D eigenvalue weighted by Crippen LogP contribution is 2.27. The predicted molar refractivity (Wildman–Crippen MR) is 75.6 cm³/mol. The van der Waals surface area contributed by atoms with E-state index in [0.717, 1.165) is 27.2 Å². The number of amides is 1. The lowest BCUT2D eigenvalue weighted by molar-refractivity contribution is 0.0958. The Kier molecular flexibility index (Phi) is 4.40. The number of hydrogen-bond donors (Lipinski definition) is 1. The van der Waals surface area contributed by atoms with Crippen LogP contribution in [-0.4, -0.2) is 12.5 Å². The summed E-state index contributed by atoms with van der Waals surface area (Å²) in [4.78, 5) is 12.6. The minimum Gasteiger partial charge on any atom is -0.351 e. The van der Waals surface area contributed by atoms with E-state index in [1.54, 1.807) is 0 Å². The molecule has 1 aromatic rings. The first-order chi connectivity index (χ1) is 8.16. The fourth-order valence-electron chi connectivity index (χ4n) is 1.96. The van der Waals surface area contributed by atoms with Gasteiger partial charge in [0.2, 0.25) is 0 Å². The van der Waals surface area contributed by atoms with Gasteiger partial charge in [-0.3, -0.25) is 4.79 Å². The van der Waals surface area contributed by atoms with E-state index < -0.39 is 0 Å². The molecular weight excluding hydrogens is 298 g/mol. The Balaban J connectivity index is 1.81. The third-order valence-corrected chi connectivity index (χ3v) is 5.08. The van der Waals surface area contributed by atoms with Crippen LogP contribution in [0.4, 0.5) is 0 Å². The Bertz CT molecular complexity index is 431. The second-order valence-electron chi connectivity index (χ2n) is 4.33. The van der Waals surface area contributed by atoms with E-state index in [9.17, 15) is 4.79 Å². The molecule has 1 heterocycles. The van der Waals surface area contributed by atoms with Crippen molar-refractivity contribution < 1.29 is 4.79 Å². The second-order valence-corrected chi connectivity index (χ2v) is 6.70. The maximum absolute atomic E-state index is 11.8. The van der Waals surface area contributed by atoms with Crippen LogP contribution >= 0.6 is 27.3 Å². The number of hydrogen-bond acceptors (Lipinski definition) is 2. The topological polar surface area (TPSA) is 29.1 Å². The molecule has 0 atom stereocenters. The Morgan fingerprint density at radius 3 is 3.00 bits per heavy atom. The van der Waals surface area contributed by atoms with Crippen LogP contribution in [0.25, 0.3) is 0 Å². The standard InChI is InChI=1S/C13H16BrNOS/c1-9-8-11(17-12(9)14)13(16)15-7-6-10-4-2-3-5-10/h4,8H,2-3,5-7H2,1H3,(H,15,16). The van der Waals surface area contributed by atoms with Crippen LogP contribution < -0.4 is 5.32 Å². The summed E-state index contributed by atoms with van der Waals surface area (Å²) in [5.41, 5.74) is 2.62. The van der Waals surface area contributed by atoms with E-state index in [2.05, 4.69) is 27.3 Å². The van der Waals surface area contributed by atoms with Crippen molar-refractivity contribution in [2.24, 2.45) is 0 Å². The van der Waals surface area contributed by atoms with Gasteiger partial charge in [0.05, 0.1) is 8.66 Å². The van der Waals surface area contributed by atoms with Gasteiger partial charge >= 0.3 is 0 Å². The molecule has 1 aliphatic carbocycles. The average Bonchev–Trinajstić information content (AvgIpc) is 2.90. The van der Waals surface area contributed by atoms with E-state index in [4.69, 9.17) is 0 Å². The second kappa shape index (κ2) is 5.83. The van der Waals surface area contributed by atoms with Gasteiger partial charge in [-0.2, -0.15) is 0 Å². The van der Waals surface area contributed by atoms with Crippen LogP contribution in [0.1, 0.15) is 40.9 Å². The van der Waals surface area contributed by atoms with Crippen LogP contribution in [-0.2, 0) is 0 Å². The number of aryl methyl sites for hydroxylation is 1. The number of rotatable bonds is 4. The maximum Gasteiger partial charge on any atom is 0.261 e. The molecule has 0 aliphatic heterocycles. The SMILES string of the molecule is Cc1cc(C(=O)NCCC2=CCCC2)sc1Br. The molecule has 0 fully saturated rings. The molecule has 1 N–H and O–H groups in total. The Hall–Kier alpha value is -0.610. The molecule has 0 unspecified atom stereocenters. The van der Waals surface area contributed by atoms with Crippen molar-refractivity contribution in [1.29, 1.82) is 0 Å². The third-order valence-electron chi connectivity index (χ3n) is 2.95. The zero-order valence-electron chi connectivity index (χ0n) is 9.88. The molecule has 92 valence electrons. The van der Waals surface area contributed by atoms with Gasteiger partial charge < -0.3 is 5.32 Å². The molecule has 0 radical (unpaired) electrons. The molecule has 0 saturated carbocycles. The number of thiophene rings is 1. The number of carbonyl (C=O) groups excluding carboxylic acids is 1. The van der Waals surface area contributed by atoms with Crippen molar-refractivity contribution in [3.8, 4) is 0 Å². The highest BCUT2D eigenvalue weighted by molar-refractivity contribution is 9.11. The fourth-order valence-corrected chi connectivity index (χ4v) is 3.41. The monoisotopic (exact) mass is 313 g/mol. The number of carbonyl (C=O) groups is 1. The first-order valence-electron chi connectivity index (χ1n) is 5.89. The van der Waals surface area contributed by atoms with E-state index in [-0.39, 0.29) is 5.91 Å². The van der Waals surface area contributed by atoms with Crippen molar-refractivity contribution in [3.05, 3.63) is 31.9 Å². The Labute approximate surface area is 114 Å². The summed E-state index contributed by atoms with van der Waals surface area (Å²) >= 11 is 4.93. The predicted octanol–water partition coefficient (Wildman–Crippen LogP) is 4.05. The molecular formula is C13H16BrNOS. The van der Waals surface area contributed by atoms with Crippen molar-refractivity contribution in [2.75, 3.05) is 6.54 Å². The van der Waals surface area contributed by atoms with Crippen LogP contribution in [0.5, 0.6) is 0 Å². The molecule has 17 heavy (non-hydrogen) atoms. The first kappa shape index (κ1) is 12.8. The molecule has 4 heteroatoms. The average molecular weight is 314 g/mol. The lowest BCUT2D eigenvalue weighted by Gasteiger charge is -2.04. The summed E-state index contributed by atoms with van der Waals surface area (Å²) in [6.07, 6.45) is 7.00. The van der Waals surface area contributed by atoms with Gasteiger partial charge in [-0.15, -0.1) is 11.3 Å². The highest BCUT2D eigenvalue weighted by Gasteiger charge is 2.11. The van der Waals surface area contributed by atoms with Crippen molar-refractivity contribution >= 4 is 33.2 Å². The lowest BCUT2D eigenvalue weighted by Crippen LogP contribution is -2.23. The van der Waals surface area contributed by atoms with E-state index in [1.807, 2.05) is 13.0 Å². The van der Waals surface area contributed by atoms with Crippen molar-refractivity contribution in [3.63, 3.8) is 0 Å². The first-order valence-corrected chi connectivity index (χ1v) is 7.50. The van der Waals surface area contributed by atoms with Crippen LogP contribution in [0.2, 0.25) is 0 Å². The molecule has 0 saturated heterocycles. The van der Waals surface area contributed by atoms with Crippen molar-refractivity contribution in [2.45, 2.75) is 32.6 Å². The summed E-state index contributed by atoms with van der Waals surface area (Å²) in [5.74, 6) is 0.0439. The maximum atomic E-state index is 11.8. The van der Waals surface area contributed by atoms with Crippen LogP contribution in [0, 0.1) is 6.92 Å². The van der Waals surface area contributed by atoms with Crippen LogP contribution in [0.15, 0.2) is 21.5 Å². The van der Waals surface area contributed by atoms with Gasteiger partial charge in [0.1, 0.15) is 0 Å². The summed E-state index contributed by atoms with van der Waals surface area (Å²) in [6.45, 7) is 2.75. The van der Waals surface area contributed by atoms with Gasteiger partial charge in [0.15, 0.2) is 0 Å². The Morgan fingerprint density at radius 1 is 1.59 bits per heavy atom. The lowest BCUT2D eigenvalue weighted by atomic mass is 10.2. The normalized spacial score (nSPS) is 14.8. The third kappa shape index (κ3) is 3.42. The van der Waals surface area contributed by atoms with E-state index in [1.165, 1.54) is 36.2 Å². The summed E-state index contributed by atoms with van der Waals surface area (Å²) in [5, 5.41) is 2.98. The molecule has 1 aliphatic rings. The zero-order valence-corrected chi connectivity index (χ0v) is 12.3. The quantitative estimate of drug-likeness (QED) is 0.835. The minimum atomic E-state index is 0.0439. The fraction of sp³-hybridized carbons (Fsp3) is 0.462. The van der Waals surface area contributed by atoms with E-state index >= 15 is 0 Å². The molecule has 1 aromatic heterocycles. The molecule has 0 bridgehead atoms. The molecule has 2 rings (SSSR count). The Morgan fingerprint density at radius 2 is 2.41 bits per heavy atom. The molecule has 0 aromatic carbocycles. The number of allylic oxidation sites excluding steroid dienone is 1. The van der Waals surface area contributed by atoms with Gasteiger partial charge in [0.25, 0.3) is 5.91 Å². The zero-order chi connectivity index (χ0) is 12.3. The van der Waals surface area contributed by atoms with Gasteiger partial charge in [0, 0.05) is 6.54 Å². The highest BCUT2D eigenvalue weighted by atomic mass is 79.9. The number of halogens is 1.